The van der Waals surface area contributed by atoms with Crippen molar-refractivity contribution in [2.45, 2.75) is 52.4 Å². The number of aryl methyl sites for hydroxylation is 2. The van der Waals surface area contributed by atoms with Crippen molar-refractivity contribution in [2.24, 2.45) is 5.92 Å². The van der Waals surface area contributed by atoms with Gasteiger partial charge in [0.05, 0.1) is 12.1 Å². The smallest absolute Gasteiger partial charge is 0.416 e. The summed E-state index contributed by atoms with van der Waals surface area (Å²) in [5.41, 5.74) is 1.35. The van der Waals surface area contributed by atoms with Crippen LogP contribution in [0, 0.1) is 25.6 Å². The highest BCUT2D eigenvalue weighted by Crippen LogP contribution is 2.38. The first-order valence-corrected chi connectivity index (χ1v) is 12.4. The van der Waals surface area contributed by atoms with Crippen LogP contribution in [-0.4, -0.2) is 41.4 Å². The third-order valence-corrected chi connectivity index (χ3v) is 7.16. The molecular formula is C29H32F4N2O2. The van der Waals surface area contributed by atoms with Gasteiger partial charge in [-0.2, -0.15) is 13.2 Å². The van der Waals surface area contributed by atoms with E-state index in [2.05, 4.69) is 4.90 Å². The molecule has 2 heterocycles. The van der Waals surface area contributed by atoms with Crippen LogP contribution in [0.5, 0.6) is 0 Å². The molecule has 8 heteroatoms. The van der Waals surface area contributed by atoms with Crippen molar-refractivity contribution in [2.75, 3.05) is 19.6 Å². The van der Waals surface area contributed by atoms with Crippen LogP contribution in [0.1, 0.15) is 58.3 Å². The van der Waals surface area contributed by atoms with E-state index in [0.717, 1.165) is 23.2 Å². The maximum atomic E-state index is 13.5. The molecule has 0 radical (unpaired) electrons. The maximum absolute atomic E-state index is 13.5. The number of halogens is 4. The molecule has 1 aromatic heterocycles. The zero-order valence-electron chi connectivity index (χ0n) is 21.5. The summed E-state index contributed by atoms with van der Waals surface area (Å²) < 4.78 is 59.8. The second kappa shape index (κ2) is 10.7. The number of furan rings is 1. The Morgan fingerprint density at radius 2 is 1.78 bits per heavy atom. The van der Waals surface area contributed by atoms with Crippen LogP contribution in [0.25, 0.3) is 0 Å². The zero-order valence-corrected chi connectivity index (χ0v) is 21.5. The molecule has 4 nitrogen and oxygen atoms in total. The summed E-state index contributed by atoms with van der Waals surface area (Å²) in [7, 11) is 0. The number of benzene rings is 2. The molecule has 1 fully saturated rings. The predicted octanol–water partition coefficient (Wildman–Crippen LogP) is 6.82. The van der Waals surface area contributed by atoms with Gasteiger partial charge in [0, 0.05) is 37.2 Å². The van der Waals surface area contributed by atoms with Gasteiger partial charge in [-0.15, -0.1) is 0 Å². The summed E-state index contributed by atoms with van der Waals surface area (Å²) in [4.78, 5) is 17.3. The molecule has 0 saturated carbocycles. The monoisotopic (exact) mass is 516 g/mol. The number of carbonyl (C=O) groups excluding carboxylic acids is 1. The number of alkyl halides is 3. The van der Waals surface area contributed by atoms with Crippen LogP contribution in [0.2, 0.25) is 0 Å². The average molecular weight is 517 g/mol. The van der Waals surface area contributed by atoms with Crippen molar-refractivity contribution in [3.8, 4) is 0 Å². The van der Waals surface area contributed by atoms with E-state index in [-0.39, 0.29) is 23.8 Å². The molecule has 2 aromatic carbocycles. The summed E-state index contributed by atoms with van der Waals surface area (Å²) in [6.07, 6.45) is -4.43. The normalized spacial score (nSPS) is 18.5. The van der Waals surface area contributed by atoms with Crippen molar-refractivity contribution < 1.29 is 26.8 Å². The van der Waals surface area contributed by atoms with Crippen LogP contribution in [0.3, 0.4) is 0 Å². The Labute approximate surface area is 214 Å². The Bertz CT molecular complexity index is 1210. The molecule has 1 aliphatic rings. The van der Waals surface area contributed by atoms with Crippen LogP contribution < -0.4 is 0 Å². The molecule has 4 rings (SSSR count). The van der Waals surface area contributed by atoms with Crippen LogP contribution in [0.4, 0.5) is 17.6 Å². The van der Waals surface area contributed by atoms with Gasteiger partial charge < -0.3 is 9.32 Å². The molecule has 1 aliphatic heterocycles. The molecule has 1 amide bonds. The average Bonchev–Trinajstić information content (AvgIpc) is 3.38. The first-order valence-electron chi connectivity index (χ1n) is 12.4. The highest BCUT2D eigenvalue weighted by atomic mass is 19.4. The Hall–Kier alpha value is -3.13. The molecule has 37 heavy (non-hydrogen) atoms. The van der Waals surface area contributed by atoms with E-state index < -0.39 is 17.6 Å². The fourth-order valence-electron chi connectivity index (χ4n) is 5.09. The number of hydrogen-bond acceptors (Lipinski definition) is 3. The van der Waals surface area contributed by atoms with Crippen molar-refractivity contribution >= 4 is 5.91 Å². The van der Waals surface area contributed by atoms with Crippen molar-refractivity contribution in [1.29, 1.82) is 0 Å². The second-order valence-electron chi connectivity index (χ2n) is 10.2. The van der Waals surface area contributed by atoms with Crippen molar-refractivity contribution in [1.82, 2.24) is 9.80 Å². The van der Waals surface area contributed by atoms with Crippen LogP contribution in [0.15, 0.2) is 59.0 Å². The molecular weight excluding hydrogens is 484 g/mol. The molecule has 198 valence electrons. The lowest BCUT2D eigenvalue weighted by Crippen LogP contribution is -2.42. The molecule has 0 spiro atoms. The van der Waals surface area contributed by atoms with Gasteiger partial charge in [0.15, 0.2) is 0 Å². The van der Waals surface area contributed by atoms with E-state index in [9.17, 15) is 22.4 Å². The highest BCUT2D eigenvalue weighted by Gasteiger charge is 2.38. The quantitative estimate of drug-likeness (QED) is 0.323. The van der Waals surface area contributed by atoms with Gasteiger partial charge in [0.1, 0.15) is 17.3 Å². The number of nitrogens with zero attached hydrogens (tertiary/aromatic N) is 2. The van der Waals surface area contributed by atoms with Gasteiger partial charge in [-0.25, -0.2) is 4.39 Å². The van der Waals surface area contributed by atoms with Crippen LogP contribution in [-0.2, 0) is 12.7 Å². The van der Waals surface area contributed by atoms with Crippen molar-refractivity contribution in [3.05, 3.63) is 94.2 Å². The van der Waals surface area contributed by atoms with Gasteiger partial charge >= 0.3 is 6.18 Å². The number of carbonyl (C=O) groups is 1. The number of rotatable bonds is 7. The fraction of sp³-hybridized carbons (Fsp3) is 0.414. The standard InChI is InChI=1S/C29H32F4N2O2/c1-18(2)35(28(36)21-8-10-25(30)11-9-21)15-23-14-34(16-26-12-19(3)20(4)37-26)17-27(23)22-6-5-7-24(13-22)29(31,32)33/h5-13,18,23,27H,14-17H2,1-4H3/t23-,27+/m0/s1. The predicted molar refractivity (Wildman–Crippen MR) is 134 cm³/mol. The van der Waals surface area contributed by atoms with Gasteiger partial charge in [0.2, 0.25) is 0 Å². The fourth-order valence-corrected chi connectivity index (χ4v) is 5.09. The first-order chi connectivity index (χ1) is 17.4. The van der Waals surface area contributed by atoms with Crippen molar-refractivity contribution in [3.63, 3.8) is 0 Å². The second-order valence-corrected chi connectivity index (χ2v) is 10.2. The summed E-state index contributed by atoms with van der Waals surface area (Å²) in [6, 6.07) is 12.7. The Balaban J connectivity index is 1.63. The van der Waals surface area contributed by atoms with E-state index >= 15 is 0 Å². The lowest BCUT2D eigenvalue weighted by atomic mass is 9.87. The Kier molecular flexibility index (Phi) is 7.78. The molecule has 1 saturated heterocycles. The minimum atomic E-state index is -4.43. The lowest BCUT2D eigenvalue weighted by Gasteiger charge is -2.32. The third-order valence-electron chi connectivity index (χ3n) is 7.16. The molecule has 2 atom stereocenters. The molecule has 0 N–H and O–H groups in total. The lowest BCUT2D eigenvalue weighted by molar-refractivity contribution is -0.137. The van der Waals surface area contributed by atoms with E-state index in [1.807, 2.05) is 33.8 Å². The van der Waals surface area contributed by atoms with E-state index in [4.69, 9.17) is 4.42 Å². The molecule has 0 bridgehead atoms. The molecule has 0 unspecified atom stereocenters. The summed E-state index contributed by atoms with van der Waals surface area (Å²) in [5, 5.41) is 0. The summed E-state index contributed by atoms with van der Waals surface area (Å²) in [5.74, 6) is 0.687. The van der Waals surface area contributed by atoms with Gasteiger partial charge in [-0.1, -0.05) is 18.2 Å². The first kappa shape index (κ1) is 26.9. The summed E-state index contributed by atoms with van der Waals surface area (Å²) in [6.45, 7) is 9.72. The number of amides is 1. The van der Waals surface area contributed by atoms with Gasteiger partial charge in [0.25, 0.3) is 5.91 Å². The largest absolute Gasteiger partial charge is 0.465 e. The number of hydrogen-bond donors (Lipinski definition) is 0. The Morgan fingerprint density at radius 3 is 2.38 bits per heavy atom. The SMILES string of the molecule is Cc1cc(CN2C[C@@H](CN(C(=O)c3ccc(F)cc3)C(C)C)[C@@H](c3cccc(C(F)(F)F)c3)C2)oc1C. The highest BCUT2D eigenvalue weighted by molar-refractivity contribution is 5.94. The van der Waals surface area contributed by atoms with Gasteiger partial charge in [-0.05, 0) is 81.1 Å². The van der Waals surface area contributed by atoms with Gasteiger partial charge in [-0.3, -0.25) is 9.69 Å². The van der Waals surface area contributed by atoms with E-state index in [1.165, 1.54) is 36.4 Å². The summed E-state index contributed by atoms with van der Waals surface area (Å²) >= 11 is 0. The molecule has 3 aromatic rings. The molecule has 0 aliphatic carbocycles. The maximum Gasteiger partial charge on any atom is 0.416 e. The minimum Gasteiger partial charge on any atom is -0.465 e. The Morgan fingerprint density at radius 1 is 1.08 bits per heavy atom. The van der Waals surface area contributed by atoms with Crippen LogP contribution >= 0.6 is 0 Å². The van der Waals surface area contributed by atoms with E-state index in [1.54, 1.807) is 11.0 Å². The topological polar surface area (TPSA) is 36.7 Å². The van der Waals surface area contributed by atoms with E-state index in [0.29, 0.717) is 37.3 Å². The number of likely N-dealkylation sites (tertiary alicyclic amines) is 1. The zero-order chi connectivity index (χ0) is 26.9. The third kappa shape index (κ3) is 6.24. The minimum absolute atomic E-state index is 0.104.